The molecule has 1 aromatic rings. The minimum absolute atomic E-state index is 0.0102. The highest BCUT2D eigenvalue weighted by Crippen LogP contribution is 2.15. The summed E-state index contributed by atoms with van der Waals surface area (Å²) in [4.78, 5) is 22.7. The largest absolute Gasteiger partial charge is 0.481 e. The van der Waals surface area contributed by atoms with Gasteiger partial charge in [0, 0.05) is 11.7 Å². The van der Waals surface area contributed by atoms with Crippen LogP contribution in [0.15, 0.2) is 18.2 Å². The van der Waals surface area contributed by atoms with E-state index in [1.165, 1.54) is 6.07 Å². The fourth-order valence-corrected chi connectivity index (χ4v) is 1.61. The molecule has 1 aromatic carbocycles. The molecule has 1 amide bonds. The average Bonchev–Trinajstić information content (AvgIpc) is 2.30. The Morgan fingerprint density at radius 3 is 2.58 bits per heavy atom. The Labute approximate surface area is 110 Å². The van der Waals surface area contributed by atoms with Crippen molar-refractivity contribution in [2.75, 3.05) is 5.73 Å². The smallest absolute Gasteiger partial charge is 0.305 e. The number of halogens is 1. The Bertz CT molecular complexity index is 489. The molecule has 0 bridgehead atoms. The van der Waals surface area contributed by atoms with Gasteiger partial charge in [0.15, 0.2) is 0 Å². The van der Waals surface area contributed by atoms with Crippen molar-refractivity contribution < 1.29 is 19.1 Å². The summed E-state index contributed by atoms with van der Waals surface area (Å²) in [5.41, 5.74) is 5.76. The molecule has 0 aliphatic rings. The lowest BCUT2D eigenvalue weighted by Gasteiger charge is -2.21. The number of benzene rings is 1. The number of hydrogen-bond donors (Lipinski definition) is 3. The standard InChI is InChI=1S/C13H17FN2O3/c1-7(2)11(6-12(17)18)16-13(19)9-5-8(14)3-4-10(9)15/h3-5,7,11H,6,15H2,1-2H3,(H,16,19)(H,17,18). The van der Waals surface area contributed by atoms with Crippen LogP contribution in [0.4, 0.5) is 10.1 Å². The van der Waals surface area contributed by atoms with Gasteiger partial charge < -0.3 is 16.2 Å². The van der Waals surface area contributed by atoms with Crippen LogP contribution in [0, 0.1) is 11.7 Å². The van der Waals surface area contributed by atoms with Crippen LogP contribution in [0.2, 0.25) is 0 Å². The molecule has 0 saturated carbocycles. The van der Waals surface area contributed by atoms with Gasteiger partial charge >= 0.3 is 5.97 Å². The van der Waals surface area contributed by atoms with Gasteiger partial charge in [-0.3, -0.25) is 9.59 Å². The van der Waals surface area contributed by atoms with E-state index in [1.54, 1.807) is 13.8 Å². The normalized spacial score (nSPS) is 12.2. The van der Waals surface area contributed by atoms with Gasteiger partial charge in [0.25, 0.3) is 5.91 Å². The van der Waals surface area contributed by atoms with Crippen LogP contribution in [0.1, 0.15) is 30.6 Å². The third-order valence-corrected chi connectivity index (χ3v) is 2.78. The van der Waals surface area contributed by atoms with Crippen LogP contribution in [-0.2, 0) is 4.79 Å². The number of nitrogen functional groups attached to an aromatic ring is 1. The molecule has 0 aromatic heterocycles. The first-order valence-electron chi connectivity index (χ1n) is 5.89. The van der Waals surface area contributed by atoms with Crippen molar-refractivity contribution in [3.05, 3.63) is 29.6 Å². The van der Waals surface area contributed by atoms with Gasteiger partial charge in [-0.05, 0) is 24.1 Å². The van der Waals surface area contributed by atoms with Gasteiger partial charge in [0.1, 0.15) is 5.82 Å². The van der Waals surface area contributed by atoms with Gasteiger partial charge in [-0.1, -0.05) is 13.8 Å². The van der Waals surface area contributed by atoms with Crippen molar-refractivity contribution in [1.82, 2.24) is 5.32 Å². The third kappa shape index (κ3) is 4.24. The molecule has 6 heteroatoms. The summed E-state index contributed by atoms with van der Waals surface area (Å²) in [7, 11) is 0. The van der Waals surface area contributed by atoms with Gasteiger partial charge in [0.2, 0.25) is 0 Å². The lowest BCUT2D eigenvalue weighted by molar-refractivity contribution is -0.137. The fourth-order valence-electron chi connectivity index (χ4n) is 1.61. The topological polar surface area (TPSA) is 92.4 Å². The predicted molar refractivity (Wildman–Crippen MR) is 69.2 cm³/mol. The monoisotopic (exact) mass is 268 g/mol. The number of anilines is 1. The van der Waals surface area contributed by atoms with E-state index in [9.17, 15) is 14.0 Å². The summed E-state index contributed by atoms with van der Waals surface area (Å²) in [6.45, 7) is 3.59. The Kier molecular flexibility index (Phi) is 4.86. The lowest BCUT2D eigenvalue weighted by atomic mass is 10.0. The maximum atomic E-state index is 13.1. The second kappa shape index (κ2) is 6.17. The van der Waals surface area contributed by atoms with Crippen LogP contribution < -0.4 is 11.1 Å². The van der Waals surface area contributed by atoms with Crippen LogP contribution in [0.5, 0.6) is 0 Å². The number of carbonyl (C=O) groups excluding carboxylic acids is 1. The van der Waals surface area contributed by atoms with E-state index in [0.29, 0.717) is 0 Å². The molecule has 4 N–H and O–H groups in total. The van der Waals surface area contributed by atoms with Crippen LogP contribution in [-0.4, -0.2) is 23.0 Å². The predicted octanol–water partition coefficient (Wildman–Crippen LogP) is 1.64. The lowest BCUT2D eigenvalue weighted by Crippen LogP contribution is -2.40. The summed E-state index contributed by atoms with van der Waals surface area (Å²) >= 11 is 0. The van der Waals surface area contributed by atoms with E-state index >= 15 is 0 Å². The van der Waals surface area contributed by atoms with E-state index in [0.717, 1.165) is 12.1 Å². The molecule has 0 saturated heterocycles. The first-order chi connectivity index (χ1) is 8.81. The number of carboxylic acids is 1. The van der Waals surface area contributed by atoms with Gasteiger partial charge in [0.05, 0.1) is 12.0 Å². The molecule has 104 valence electrons. The van der Waals surface area contributed by atoms with Gasteiger partial charge in [-0.2, -0.15) is 0 Å². The average molecular weight is 268 g/mol. The molecule has 5 nitrogen and oxygen atoms in total. The number of amides is 1. The first kappa shape index (κ1) is 14.9. The Balaban J connectivity index is 2.87. The summed E-state index contributed by atoms with van der Waals surface area (Å²) < 4.78 is 13.1. The summed E-state index contributed by atoms with van der Waals surface area (Å²) in [5, 5.41) is 11.3. The first-order valence-corrected chi connectivity index (χ1v) is 5.89. The molecule has 0 spiro atoms. The quantitative estimate of drug-likeness (QED) is 0.708. The number of carbonyl (C=O) groups is 2. The summed E-state index contributed by atoms with van der Waals surface area (Å²) in [5.74, 6) is -2.21. The SMILES string of the molecule is CC(C)C(CC(=O)O)NC(=O)c1cc(F)ccc1N. The number of nitrogens with two attached hydrogens (primary N) is 1. The number of carboxylic acid groups (broad SMARTS) is 1. The summed E-state index contributed by atoms with van der Waals surface area (Å²) in [6, 6.07) is 2.95. The minimum Gasteiger partial charge on any atom is -0.481 e. The van der Waals surface area contributed by atoms with Crippen LogP contribution in [0.25, 0.3) is 0 Å². The van der Waals surface area contributed by atoms with Crippen molar-refractivity contribution in [3.8, 4) is 0 Å². The molecule has 19 heavy (non-hydrogen) atoms. The molecule has 0 radical (unpaired) electrons. The zero-order valence-corrected chi connectivity index (χ0v) is 10.8. The molecular formula is C13H17FN2O3. The molecular weight excluding hydrogens is 251 g/mol. The minimum atomic E-state index is -1.01. The molecule has 0 fully saturated rings. The zero-order chi connectivity index (χ0) is 14.6. The van der Waals surface area contributed by atoms with E-state index in [4.69, 9.17) is 10.8 Å². The van der Waals surface area contributed by atoms with Crippen molar-refractivity contribution in [2.45, 2.75) is 26.3 Å². The van der Waals surface area contributed by atoms with Crippen LogP contribution in [0.3, 0.4) is 0 Å². The maximum Gasteiger partial charge on any atom is 0.305 e. The number of hydrogen-bond acceptors (Lipinski definition) is 3. The maximum absolute atomic E-state index is 13.1. The van der Waals surface area contributed by atoms with E-state index in [2.05, 4.69) is 5.32 Å². The zero-order valence-electron chi connectivity index (χ0n) is 10.8. The Morgan fingerprint density at radius 1 is 1.42 bits per heavy atom. The molecule has 1 rings (SSSR count). The fraction of sp³-hybridized carbons (Fsp3) is 0.385. The second-order valence-electron chi connectivity index (χ2n) is 4.65. The van der Waals surface area contributed by atoms with Crippen molar-refractivity contribution in [3.63, 3.8) is 0 Å². The van der Waals surface area contributed by atoms with Crippen molar-refractivity contribution in [1.29, 1.82) is 0 Å². The molecule has 0 heterocycles. The Morgan fingerprint density at radius 2 is 2.05 bits per heavy atom. The second-order valence-corrected chi connectivity index (χ2v) is 4.65. The molecule has 1 atom stereocenters. The highest BCUT2D eigenvalue weighted by Gasteiger charge is 2.21. The molecule has 1 unspecified atom stereocenters. The number of rotatable bonds is 5. The highest BCUT2D eigenvalue weighted by molar-refractivity contribution is 5.99. The summed E-state index contributed by atoms with van der Waals surface area (Å²) in [6.07, 6.45) is -0.196. The van der Waals surface area contributed by atoms with Gasteiger partial charge in [-0.25, -0.2) is 4.39 Å². The van der Waals surface area contributed by atoms with E-state index in [-0.39, 0.29) is 23.6 Å². The van der Waals surface area contributed by atoms with Crippen molar-refractivity contribution in [2.24, 2.45) is 5.92 Å². The van der Waals surface area contributed by atoms with E-state index in [1.807, 2.05) is 0 Å². The van der Waals surface area contributed by atoms with Crippen molar-refractivity contribution >= 4 is 17.6 Å². The third-order valence-electron chi connectivity index (χ3n) is 2.78. The molecule has 0 aliphatic heterocycles. The Hall–Kier alpha value is -2.11. The number of aliphatic carboxylic acids is 1. The van der Waals surface area contributed by atoms with Crippen LogP contribution >= 0.6 is 0 Å². The van der Waals surface area contributed by atoms with E-state index < -0.39 is 23.7 Å². The molecule has 0 aliphatic carbocycles. The van der Waals surface area contributed by atoms with Gasteiger partial charge in [-0.15, -0.1) is 0 Å². The number of nitrogens with one attached hydrogen (secondary N) is 1. The highest BCUT2D eigenvalue weighted by atomic mass is 19.1.